The van der Waals surface area contributed by atoms with Crippen LogP contribution in [-0.2, 0) is 10.2 Å². The number of halogens is 2. The summed E-state index contributed by atoms with van der Waals surface area (Å²) in [5.41, 5.74) is 1.68. The minimum absolute atomic E-state index is 0.0577. The first-order valence-corrected chi connectivity index (χ1v) is 11.3. The molecular weight excluding hydrogens is 416 g/mol. The van der Waals surface area contributed by atoms with Crippen LogP contribution in [-0.4, -0.2) is 29.1 Å². The van der Waals surface area contributed by atoms with Crippen molar-refractivity contribution < 1.29 is 18.7 Å². The molecule has 1 fully saturated rings. The standard InChI is InChI=1S/C25H25F2NO2S/c1-17(18-4-6-19(7-5-18)21-9-8-20(26)15-22(21)27)28-12-10-25(11-13-29,16-24(28)30)23-3-2-14-31-23/h2-9,14-15,17,29H,10-13,16H2,1H3/t17-,25?/m0/s1. The predicted molar refractivity (Wildman–Crippen MR) is 119 cm³/mol. The molecule has 1 aromatic heterocycles. The quantitative estimate of drug-likeness (QED) is 0.533. The maximum atomic E-state index is 14.1. The van der Waals surface area contributed by atoms with E-state index in [1.165, 1.54) is 12.1 Å². The molecule has 1 unspecified atom stereocenters. The molecule has 1 aliphatic rings. The lowest BCUT2D eigenvalue weighted by atomic mass is 9.74. The Morgan fingerprint density at radius 3 is 2.55 bits per heavy atom. The van der Waals surface area contributed by atoms with Crippen LogP contribution in [0.2, 0.25) is 0 Å². The maximum absolute atomic E-state index is 14.1. The van der Waals surface area contributed by atoms with Crippen molar-refractivity contribution in [1.29, 1.82) is 0 Å². The number of benzene rings is 2. The van der Waals surface area contributed by atoms with Crippen molar-refractivity contribution in [3.8, 4) is 11.1 Å². The Morgan fingerprint density at radius 1 is 1.16 bits per heavy atom. The van der Waals surface area contributed by atoms with Crippen molar-refractivity contribution in [1.82, 2.24) is 4.90 Å². The summed E-state index contributed by atoms with van der Waals surface area (Å²) in [6, 6.07) is 14.9. The molecule has 0 spiro atoms. The zero-order chi connectivity index (χ0) is 22.0. The van der Waals surface area contributed by atoms with E-state index < -0.39 is 11.6 Å². The summed E-state index contributed by atoms with van der Waals surface area (Å²) < 4.78 is 27.3. The summed E-state index contributed by atoms with van der Waals surface area (Å²) >= 11 is 1.64. The summed E-state index contributed by atoms with van der Waals surface area (Å²) in [5.74, 6) is -1.12. The van der Waals surface area contributed by atoms with Crippen LogP contribution in [0, 0.1) is 11.6 Å². The third-order valence-corrected chi connectivity index (χ3v) is 7.49. The Labute approximate surface area is 185 Å². The average Bonchev–Trinajstić information content (AvgIpc) is 3.30. The molecule has 3 aromatic rings. The monoisotopic (exact) mass is 441 g/mol. The molecule has 1 N–H and O–H groups in total. The third-order valence-electron chi connectivity index (χ3n) is 6.38. The normalized spacial score (nSPS) is 20.1. The van der Waals surface area contributed by atoms with Gasteiger partial charge >= 0.3 is 0 Å². The number of rotatable bonds is 6. The van der Waals surface area contributed by atoms with Gasteiger partial charge in [-0.2, -0.15) is 0 Å². The summed E-state index contributed by atoms with van der Waals surface area (Å²) in [6.45, 7) is 2.67. The molecule has 1 aliphatic heterocycles. The summed E-state index contributed by atoms with van der Waals surface area (Å²) in [7, 11) is 0. The molecule has 0 bridgehead atoms. The van der Waals surface area contributed by atoms with Crippen molar-refractivity contribution in [2.24, 2.45) is 0 Å². The Morgan fingerprint density at radius 2 is 1.94 bits per heavy atom. The summed E-state index contributed by atoms with van der Waals surface area (Å²) in [4.78, 5) is 16.2. The van der Waals surface area contributed by atoms with Crippen molar-refractivity contribution >= 4 is 17.2 Å². The Kier molecular flexibility index (Phi) is 6.21. The zero-order valence-corrected chi connectivity index (χ0v) is 18.2. The van der Waals surface area contributed by atoms with Gasteiger partial charge in [0.1, 0.15) is 11.6 Å². The average molecular weight is 442 g/mol. The lowest BCUT2D eigenvalue weighted by Gasteiger charge is -2.43. The highest BCUT2D eigenvalue weighted by Crippen LogP contribution is 2.43. The lowest BCUT2D eigenvalue weighted by molar-refractivity contribution is -0.138. The van der Waals surface area contributed by atoms with Crippen LogP contribution >= 0.6 is 11.3 Å². The number of carbonyl (C=O) groups excluding carboxylic acids is 1. The fourth-order valence-electron chi connectivity index (χ4n) is 4.53. The van der Waals surface area contributed by atoms with Crippen molar-refractivity contribution in [2.45, 2.75) is 37.6 Å². The van der Waals surface area contributed by atoms with E-state index in [1.54, 1.807) is 23.5 Å². The van der Waals surface area contributed by atoms with E-state index >= 15 is 0 Å². The van der Waals surface area contributed by atoms with Crippen molar-refractivity contribution in [3.05, 3.63) is 82.1 Å². The van der Waals surface area contributed by atoms with E-state index in [0.717, 1.165) is 22.9 Å². The van der Waals surface area contributed by atoms with Gasteiger partial charge in [0, 0.05) is 41.5 Å². The van der Waals surface area contributed by atoms with Gasteiger partial charge < -0.3 is 10.0 Å². The molecule has 4 rings (SSSR count). The summed E-state index contributed by atoms with van der Waals surface area (Å²) in [5, 5.41) is 11.6. The molecule has 31 heavy (non-hydrogen) atoms. The molecule has 162 valence electrons. The van der Waals surface area contributed by atoms with Crippen LogP contribution in [0.25, 0.3) is 11.1 Å². The first-order valence-electron chi connectivity index (χ1n) is 10.4. The van der Waals surface area contributed by atoms with E-state index in [0.29, 0.717) is 30.5 Å². The van der Waals surface area contributed by atoms with Crippen LogP contribution in [0.4, 0.5) is 8.78 Å². The van der Waals surface area contributed by atoms with E-state index in [4.69, 9.17) is 0 Å². The lowest BCUT2D eigenvalue weighted by Crippen LogP contribution is -2.47. The van der Waals surface area contributed by atoms with Crippen LogP contribution in [0.15, 0.2) is 60.0 Å². The topological polar surface area (TPSA) is 40.5 Å². The largest absolute Gasteiger partial charge is 0.396 e. The second-order valence-electron chi connectivity index (χ2n) is 8.17. The molecule has 6 heteroatoms. The van der Waals surface area contributed by atoms with Crippen molar-refractivity contribution in [3.63, 3.8) is 0 Å². The number of aliphatic hydroxyl groups is 1. The molecule has 2 heterocycles. The fraction of sp³-hybridized carbons (Fsp3) is 0.320. The highest BCUT2D eigenvalue weighted by molar-refractivity contribution is 7.10. The maximum Gasteiger partial charge on any atom is 0.224 e. The smallest absolute Gasteiger partial charge is 0.224 e. The predicted octanol–water partition coefficient (Wildman–Crippen LogP) is 5.70. The van der Waals surface area contributed by atoms with Gasteiger partial charge in [-0.3, -0.25) is 4.79 Å². The number of piperidine rings is 1. The minimum atomic E-state index is -0.602. The van der Waals surface area contributed by atoms with E-state index in [9.17, 15) is 18.7 Å². The minimum Gasteiger partial charge on any atom is -0.396 e. The molecule has 0 aliphatic carbocycles. The van der Waals surface area contributed by atoms with E-state index in [-0.39, 0.29) is 24.0 Å². The molecule has 0 saturated carbocycles. The molecule has 2 aromatic carbocycles. The third kappa shape index (κ3) is 4.27. The van der Waals surface area contributed by atoms with Gasteiger partial charge in [-0.05, 0) is 54.5 Å². The van der Waals surface area contributed by atoms with Gasteiger partial charge in [-0.15, -0.1) is 11.3 Å². The number of hydrogen-bond acceptors (Lipinski definition) is 3. The Hall–Kier alpha value is -2.57. The highest BCUT2D eigenvalue weighted by atomic mass is 32.1. The van der Waals surface area contributed by atoms with Crippen LogP contribution in [0.1, 0.15) is 42.7 Å². The van der Waals surface area contributed by atoms with Crippen molar-refractivity contribution in [2.75, 3.05) is 13.2 Å². The number of aliphatic hydroxyl groups excluding tert-OH is 1. The SMILES string of the molecule is C[C@@H](c1ccc(-c2ccc(F)cc2F)cc1)N1CCC(CCO)(c2cccs2)CC1=O. The van der Waals surface area contributed by atoms with E-state index in [1.807, 2.05) is 35.4 Å². The van der Waals surface area contributed by atoms with Crippen LogP contribution < -0.4 is 0 Å². The van der Waals surface area contributed by atoms with Crippen LogP contribution in [0.3, 0.4) is 0 Å². The molecule has 0 radical (unpaired) electrons. The second kappa shape index (κ2) is 8.89. The van der Waals surface area contributed by atoms with E-state index in [2.05, 4.69) is 6.07 Å². The number of nitrogens with zero attached hydrogens (tertiary/aromatic N) is 1. The molecule has 2 atom stereocenters. The summed E-state index contributed by atoms with van der Waals surface area (Å²) in [6.07, 6.45) is 1.78. The number of carbonyl (C=O) groups is 1. The number of amides is 1. The first kappa shape index (κ1) is 21.7. The van der Waals surface area contributed by atoms with Gasteiger partial charge in [-0.1, -0.05) is 30.3 Å². The highest BCUT2D eigenvalue weighted by Gasteiger charge is 2.41. The van der Waals surface area contributed by atoms with Gasteiger partial charge in [-0.25, -0.2) is 8.78 Å². The molecule has 3 nitrogen and oxygen atoms in total. The number of hydrogen-bond donors (Lipinski definition) is 1. The number of likely N-dealkylation sites (tertiary alicyclic amines) is 1. The van der Waals surface area contributed by atoms with Gasteiger partial charge in [0.2, 0.25) is 5.91 Å². The second-order valence-corrected chi connectivity index (χ2v) is 9.11. The van der Waals surface area contributed by atoms with Gasteiger partial charge in [0.15, 0.2) is 0 Å². The Balaban J connectivity index is 1.51. The zero-order valence-electron chi connectivity index (χ0n) is 17.4. The Bertz CT molecular complexity index is 1050. The fourth-order valence-corrected chi connectivity index (χ4v) is 5.52. The molecule has 1 amide bonds. The number of thiophene rings is 1. The first-order chi connectivity index (χ1) is 14.9. The van der Waals surface area contributed by atoms with Gasteiger partial charge in [0.05, 0.1) is 6.04 Å². The van der Waals surface area contributed by atoms with Crippen LogP contribution in [0.5, 0.6) is 0 Å². The van der Waals surface area contributed by atoms with Gasteiger partial charge in [0.25, 0.3) is 0 Å². The molecular formula is C25H25F2NO2S. The molecule has 1 saturated heterocycles.